The number of amides is 1. The quantitative estimate of drug-likeness (QED) is 0.0320. The first-order valence-electron chi connectivity index (χ1n) is 33.9. The van der Waals surface area contributed by atoms with Gasteiger partial charge >= 0.3 is 5.97 Å². The highest BCUT2D eigenvalue weighted by Crippen LogP contribution is 2.19. The Morgan fingerprint density at radius 2 is 0.635 bits per heavy atom. The van der Waals surface area contributed by atoms with E-state index in [1.54, 1.807) is 0 Å². The van der Waals surface area contributed by atoms with Crippen LogP contribution >= 0.6 is 0 Å². The molecule has 0 radical (unpaired) electrons. The van der Waals surface area contributed by atoms with Gasteiger partial charge in [0.25, 0.3) is 0 Å². The zero-order valence-corrected chi connectivity index (χ0v) is 50.4. The molecule has 0 aliphatic heterocycles. The summed E-state index contributed by atoms with van der Waals surface area (Å²) in [5, 5.41) is 23.4. The summed E-state index contributed by atoms with van der Waals surface area (Å²) in [6, 6.07) is -0.549. The number of hydrogen-bond donors (Lipinski definition) is 3. The number of unbranched alkanes of at least 4 members (excludes halogenated alkanes) is 51. The number of carbonyl (C=O) groups is 2. The van der Waals surface area contributed by atoms with Crippen molar-refractivity contribution in [3.05, 3.63) is 12.2 Å². The minimum absolute atomic E-state index is 0.00994. The highest BCUT2D eigenvalue weighted by atomic mass is 16.5. The lowest BCUT2D eigenvalue weighted by molar-refractivity contribution is -0.143. The number of allylic oxidation sites excluding steroid dienone is 2. The summed E-state index contributed by atoms with van der Waals surface area (Å²) in [6.45, 7) is 4.98. The van der Waals surface area contributed by atoms with Gasteiger partial charge in [-0.15, -0.1) is 0 Å². The molecule has 0 rings (SSSR count). The Hall–Kier alpha value is -1.40. The van der Waals surface area contributed by atoms with E-state index in [2.05, 4.69) is 31.3 Å². The maximum Gasteiger partial charge on any atom is 0.305 e. The van der Waals surface area contributed by atoms with Gasteiger partial charge in [0, 0.05) is 12.8 Å². The SMILES string of the molecule is CCCCCCCCCCCCCCCCCCCCCC(=O)OCCCCCCCCCC/C=C\CCCCCCCCCC(=O)NC(CO)C(O)CCCCCCCCCCCCCCCCCCCCC. The smallest absolute Gasteiger partial charge is 0.305 e. The second-order valence-corrected chi connectivity index (χ2v) is 23.5. The van der Waals surface area contributed by atoms with E-state index >= 15 is 0 Å². The van der Waals surface area contributed by atoms with E-state index in [1.165, 1.54) is 315 Å². The number of esters is 1. The average molecular weight is 1040 g/mol. The van der Waals surface area contributed by atoms with E-state index in [4.69, 9.17) is 4.74 Å². The van der Waals surface area contributed by atoms with Gasteiger partial charge in [-0.05, 0) is 51.4 Å². The van der Waals surface area contributed by atoms with Crippen molar-refractivity contribution in [2.24, 2.45) is 0 Å². The summed E-state index contributed by atoms with van der Waals surface area (Å²) in [5.41, 5.74) is 0. The van der Waals surface area contributed by atoms with Gasteiger partial charge < -0.3 is 20.3 Å². The largest absolute Gasteiger partial charge is 0.466 e. The second-order valence-electron chi connectivity index (χ2n) is 23.5. The summed E-state index contributed by atoms with van der Waals surface area (Å²) in [6.07, 6.45) is 78.1. The van der Waals surface area contributed by atoms with Gasteiger partial charge in [0.2, 0.25) is 5.91 Å². The Labute approximate surface area is 463 Å². The van der Waals surface area contributed by atoms with Gasteiger partial charge in [-0.3, -0.25) is 9.59 Å². The van der Waals surface area contributed by atoms with Gasteiger partial charge in [0.05, 0.1) is 25.4 Å². The van der Waals surface area contributed by atoms with Crippen molar-refractivity contribution >= 4 is 11.9 Å². The number of carbonyl (C=O) groups excluding carboxylic acids is 2. The lowest BCUT2D eigenvalue weighted by Crippen LogP contribution is -2.45. The van der Waals surface area contributed by atoms with Gasteiger partial charge in [-0.25, -0.2) is 0 Å². The van der Waals surface area contributed by atoms with Crippen molar-refractivity contribution in [1.29, 1.82) is 0 Å². The maximum atomic E-state index is 12.5. The lowest BCUT2D eigenvalue weighted by Gasteiger charge is -2.22. The molecule has 0 spiro atoms. The second kappa shape index (κ2) is 64.1. The molecule has 440 valence electrons. The third-order valence-corrected chi connectivity index (χ3v) is 16.1. The van der Waals surface area contributed by atoms with Crippen LogP contribution in [0.5, 0.6) is 0 Å². The molecule has 0 aromatic carbocycles. The summed E-state index contributed by atoms with van der Waals surface area (Å²) >= 11 is 0. The fourth-order valence-electron chi connectivity index (χ4n) is 10.9. The van der Waals surface area contributed by atoms with Crippen molar-refractivity contribution in [3.8, 4) is 0 Å². The third kappa shape index (κ3) is 59.8. The Bertz CT molecular complexity index is 1110. The van der Waals surface area contributed by atoms with Gasteiger partial charge in [0.1, 0.15) is 0 Å². The van der Waals surface area contributed by atoms with Gasteiger partial charge in [0.15, 0.2) is 0 Å². The molecule has 6 heteroatoms. The Morgan fingerprint density at radius 3 is 0.959 bits per heavy atom. The monoisotopic (exact) mass is 1040 g/mol. The van der Waals surface area contributed by atoms with Crippen LogP contribution in [-0.4, -0.2) is 47.4 Å². The van der Waals surface area contributed by atoms with Crippen LogP contribution in [-0.2, 0) is 14.3 Å². The molecular formula is C68H133NO5. The third-order valence-electron chi connectivity index (χ3n) is 16.1. The number of nitrogens with one attached hydrogen (secondary N) is 1. The zero-order chi connectivity index (χ0) is 53.6. The van der Waals surface area contributed by atoms with Crippen molar-refractivity contribution in [2.75, 3.05) is 13.2 Å². The number of ether oxygens (including phenoxy) is 1. The number of aliphatic hydroxyl groups excluding tert-OH is 2. The van der Waals surface area contributed by atoms with Gasteiger partial charge in [-0.1, -0.05) is 334 Å². The fourth-order valence-corrected chi connectivity index (χ4v) is 10.9. The van der Waals surface area contributed by atoms with Crippen LogP contribution in [0, 0.1) is 0 Å². The Kier molecular flexibility index (Phi) is 62.9. The highest BCUT2D eigenvalue weighted by Gasteiger charge is 2.20. The molecule has 0 heterocycles. The molecule has 74 heavy (non-hydrogen) atoms. The molecule has 0 saturated heterocycles. The molecule has 2 unspecified atom stereocenters. The fraction of sp³-hybridized carbons (Fsp3) is 0.941. The van der Waals surface area contributed by atoms with Crippen LogP contribution in [0.25, 0.3) is 0 Å². The van der Waals surface area contributed by atoms with Crippen LogP contribution in [0.15, 0.2) is 12.2 Å². The van der Waals surface area contributed by atoms with Crippen LogP contribution in [0.2, 0.25) is 0 Å². The summed E-state index contributed by atoms with van der Waals surface area (Å²) < 4.78 is 5.50. The van der Waals surface area contributed by atoms with E-state index in [1.807, 2.05) is 0 Å². The molecular weight excluding hydrogens is 911 g/mol. The van der Waals surface area contributed by atoms with Crippen LogP contribution < -0.4 is 5.32 Å². The first-order chi connectivity index (χ1) is 36.5. The molecule has 0 aromatic heterocycles. The lowest BCUT2D eigenvalue weighted by atomic mass is 10.0. The van der Waals surface area contributed by atoms with Crippen molar-refractivity contribution in [1.82, 2.24) is 5.32 Å². The normalized spacial score (nSPS) is 12.5. The van der Waals surface area contributed by atoms with Gasteiger partial charge in [-0.2, -0.15) is 0 Å². The minimum Gasteiger partial charge on any atom is -0.466 e. The molecule has 2 atom stereocenters. The molecule has 0 saturated carbocycles. The standard InChI is InChI=1S/C68H133NO5/c1-3-5-7-9-11-13-15-17-19-21-24-28-32-36-40-44-48-52-56-60-66(71)65(64-70)69-67(72)61-57-53-49-45-41-37-33-29-26-23-27-31-35-39-43-47-51-55-59-63-74-68(73)62-58-54-50-46-42-38-34-30-25-22-20-18-16-14-12-10-8-6-4-2/h23,26,65-66,70-71H,3-22,24-25,27-64H2,1-2H3,(H,69,72)/b26-23-. The van der Waals surface area contributed by atoms with E-state index in [-0.39, 0.29) is 18.5 Å². The molecule has 0 fully saturated rings. The van der Waals surface area contributed by atoms with Crippen molar-refractivity contribution in [2.45, 2.75) is 398 Å². The Balaban J connectivity index is 3.40. The van der Waals surface area contributed by atoms with Crippen LogP contribution in [0.3, 0.4) is 0 Å². The first-order valence-corrected chi connectivity index (χ1v) is 33.9. The van der Waals surface area contributed by atoms with Crippen LogP contribution in [0.4, 0.5) is 0 Å². The molecule has 6 nitrogen and oxygen atoms in total. The highest BCUT2D eigenvalue weighted by molar-refractivity contribution is 5.76. The molecule has 0 bridgehead atoms. The number of rotatable bonds is 64. The Morgan fingerprint density at radius 1 is 0.365 bits per heavy atom. The molecule has 0 aromatic rings. The van der Waals surface area contributed by atoms with Crippen molar-refractivity contribution < 1.29 is 24.5 Å². The first kappa shape index (κ1) is 72.6. The maximum absolute atomic E-state index is 12.5. The summed E-state index contributed by atoms with van der Waals surface area (Å²) in [5.74, 6) is -0.0305. The molecule has 0 aliphatic rings. The van der Waals surface area contributed by atoms with Crippen LogP contribution in [0.1, 0.15) is 386 Å². The zero-order valence-electron chi connectivity index (χ0n) is 50.4. The minimum atomic E-state index is -0.671. The molecule has 1 amide bonds. The van der Waals surface area contributed by atoms with E-state index < -0.39 is 12.1 Å². The number of hydrogen-bond acceptors (Lipinski definition) is 5. The average Bonchev–Trinajstić information content (AvgIpc) is 3.40. The molecule has 0 aliphatic carbocycles. The van der Waals surface area contributed by atoms with E-state index in [0.717, 1.165) is 38.5 Å². The predicted molar refractivity (Wildman–Crippen MR) is 324 cm³/mol. The van der Waals surface area contributed by atoms with E-state index in [9.17, 15) is 19.8 Å². The molecule has 3 N–H and O–H groups in total. The van der Waals surface area contributed by atoms with Crippen molar-refractivity contribution in [3.63, 3.8) is 0 Å². The summed E-state index contributed by atoms with van der Waals surface area (Å²) in [7, 11) is 0. The predicted octanol–water partition coefficient (Wildman–Crippen LogP) is 21.6. The number of aliphatic hydroxyl groups is 2. The van der Waals surface area contributed by atoms with E-state index in [0.29, 0.717) is 25.9 Å². The topological polar surface area (TPSA) is 95.9 Å². The summed E-state index contributed by atoms with van der Waals surface area (Å²) in [4.78, 5) is 24.6.